The van der Waals surface area contributed by atoms with Crippen molar-refractivity contribution in [3.8, 4) is 5.75 Å². The number of nitrogens with zero attached hydrogens (tertiary/aromatic N) is 1. The first kappa shape index (κ1) is 21.5. The standard InChI is InChI=1S/C20H21ClFNO5S/c1-27-19-8-5-14(11-18(19)22)13-28-20(24)16-12-15(6-7-17(16)21)29(25,26)23-9-3-2-4-10-23/h5-8,11-12H,2-4,9-10,13H2,1H3. The predicted molar refractivity (Wildman–Crippen MR) is 106 cm³/mol. The highest BCUT2D eigenvalue weighted by Crippen LogP contribution is 2.26. The number of carbonyl (C=O) groups is 1. The van der Waals surface area contributed by atoms with E-state index in [1.54, 1.807) is 6.07 Å². The topological polar surface area (TPSA) is 72.9 Å². The molecule has 156 valence electrons. The molecule has 0 amide bonds. The van der Waals surface area contributed by atoms with Gasteiger partial charge in [0.2, 0.25) is 10.0 Å². The summed E-state index contributed by atoms with van der Waals surface area (Å²) in [6.45, 7) is 0.709. The van der Waals surface area contributed by atoms with Gasteiger partial charge in [-0.3, -0.25) is 0 Å². The lowest BCUT2D eigenvalue weighted by Crippen LogP contribution is -2.35. The van der Waals surface area contributed by atoms with Crippen LogP contribution in [0.5, 0.6) is 5.75 Å². The number of piperidine rings is 1. The summed E-state index contributed by atoms with van der Waals surface area (Å²) < 4.78 is 50.9. The first-order chi connectivity index (χ1) is 13.8. The molecule has 3 rings (SSSR count). The smallest absolute Gasteiger partial charge is 0.340 e. The van der Waals surface area contributed by atoms with Gasteiger partial charge in [0.05, 0.1) is 22.6 Å². The molecular formula is C20H21ClFNO5S. The zero-order chi connectivity index (χ0) is 21.0. The van der Waals surface area contributed by atoms with Gasteiger partial charge in [0.1, 0.15) is 6.61 Å². The minimum absolute atomic E-state index is 0.00811. The number of sulfonamides is 1. The van der Waals surface area contributed by atoms with E-state index in [1.807, 2.05) is 0 Å². The van der Waals surface area contributed by atoms with Crippen LogP contribution in [0.15, 0.2) is 41.3 Å². The Morgan fingerprint density at radius 3 is 2.52 bits per heavy atom. The van der Waals surface area contributed by atoms with Gasteiger partial charge in [-0.1, -0.05) is 24.1 Å². The summed E-state index contributed by atoms with van der Waals surface area (Å²) in [4.78, 5) is 12.5. The van der Waals surface area contributed by atoms with Crippen molar-refractivity contribution in [3.63, 3.8) is 0 Å². The molecule has 9 heteroatoms. The Kier molecular flexibility index (Phi) is 6.77. The second-order valence-electron chi connectivity index (χ2n) is 6.65. The van der Waals surface area contributed by atoms with Crippen LogP contribution in [0.2, 0.25) is 5.02 Å². The largest absolute Gasteiger partial charge is 0.494 e. The van der Waals surface area contributed by atoms with E-state index in [4.69, 9.17) is 21.1 Å². The molecule has 2 aromatic rings. The SMILES string of the molecule is COc1ccc(COC(=O)c2cc(S(=O)(=O)N3CCCCC3)ccc2Cl)cc1F. The molecule has 0 N–H and O–H groups in total. The number of rotatable bonds is 6. The Morgan fingerprint density at radius 1 is 1.14 bits per heavy atom. The lowest BCUT2D eigenvalue weighted by Gasteiger charge is -2.26. The predicted octanol–water partition coefficient (Wildman–Crippen LogP) is 4.02. The molecule has 1 aliphatic heterocycles. The molecule has 2 aromatic carbocycles. The molecular weight excluding hydrogens is 421 g/mol. The number of hydrogen-bond acceptors (Lipinski definition) is 5. The van der Waals surface area contributed by atoms with Crippen LogP contribution in [0.4, 0.5) is 4.39 Å². The minimum atomic E-state index is -3.71. The van der Waals surface area contributed by atoms with Crippen molar-refractivity contribution in [2.75, 3.05) is 20.2 Å². The minimum Gasteiger partial charge on any atom is -0.494 e. The van der Waals surface area contributed by atoms with Crippen molar-refractivity contribution in [2.24, 2.45) is 0 Å². The first-order valence-corrected chi connectivity index (χ1v) is 10.9. The lowest BCUT2D eigenvalue weighted by molar-refractivity contribution is 0.0472. The highest BCUT2D eigenvalue weighted by Gasteiger charge is 2.27. The quantitative estimate of drug-likeness (QED) is 0.633. The molecule has 1 saturated heterocycles. The average Bonchev–Trinajstić information content (AvgIpc) is 2.73. The van der Waals surface area contributed by atoms with Crippen LogP contribution < -0.4 is 4.74 Å². The molecule has 0 aliphatic carbocycles. The van der Waals surface area contributed by atoms with E-state index in [2.05, 4.69) is 0 Å². The number of methoxy groups -OCH3 is 1. The number of ether oxygens (including phenoxy) is 2. The zero-order valence-electron chi connectivity index (χ0n) is 15.9. The van der Waals surface area contributed by atoms with Crippen LogP contribution in [0.3, 0.4) is 0 Å². The molecule has 1 fully saturated rings. The summed E-state index contributed by atoms with van der Waals surface area (Å²) in [7, 11) is -2.36. The van der Waals surface area contributed by atoms with Gasteiger partial charge in [-0.2, -0.15) is 4.31 Å². The van der Waals surface area contributed by atoms with Crippen molar-refractivity contribution in [1.82, 2.24) is 4.31 Å². The molecule has 0 spiro atoms. The van der Waals surface area contributed by atoms with Gasteiger partial charge >= 0.3 is 5.97 Å². The van der Waals surface area contributed by atoms with E-state index in [9.17, 15) is 17.6 Å². The summed E-state index contributed by atoms with van der Waals surface area (Å²) in [6, 6.07) is 8.16. The fourth-order valence-electron chi connectivity index (χ4n) is 3.10. The molecule has 1 heterocycles. The van der Waals surface area contributed by atoms with Gasteiger partial charge in [-0.15, -0.1) is 0 Å². The van der Waals surface area contributed by atoms with Gasteiger partial charge < -0.3 is 9.47 Å². The molecule has 0 radical (unpaired) electrons. The van der Waals surface area contributed by atoms with E-state index >= 15 is 0 Å². The van der Waals surface area contributed by atoms with E-state index in [0.29, 0.717) is 18.7 Å². The number of hydrogen-bond donors (Lipinski definition) is 0. The Morgan fingerprint density at radius 2 is 1.86 bits per heavy atom. The van der Waals surface area contributed by atoms with E-state index in [0.717, 1.165) is 19.3 Å². The Balaban J connectivity index is 1.77. The highest BCUT2D eigenvalue weighted by molar-refractivity contribution is 7.89. The van der Waals surface area contributed by atoms with Gasteiger partial charge in [0.25, 0.3) is 0 Å². The van der Waals surface area contributed by atoms with Gasteiger partial charge in [-0.25, -0.2) is 17.6 Å². The van der Waals surface area contributed by atoms with Crippen LogP contribution in [-0.4, -0.2) is 38.9 Å². The van der Waals surface area contributed by atoms with Crippen molar-refractivity contribution >= 4 is 27.6 Å². The maximum absolute atomic E-state index is 13.8. The molecule has 29 heavy (non-hydrogen) atoms. The second kappa shape index (κ2) is 9.11. The highest BCUT2D eigenvalue weighted by atomic mass is 35.5. The van der Waals surface area contributed by atoms with Crippen LogP contribution in [-0.2, 0) is 21.4 Å². The summed E-state index contributed by atoms with van der Waals surface area (Å²) in [5.41, 5.74) is 0.364. The Bertz CT molecular complexity index is 1010. The van der Waals surface area contributed by atoms with Crippen molar-refractivity contribution in [1.29, 1.82) is 0 Å². The van der Waals surface area contributed by atoms with Crippen LogP contribution >= 0.6 is 11.6 Å². The Hall–Kier alpha value is -2.16. The van der Waals surface area contributed by atoms with Crippen molar-refractivity contribution in [3.05, 3.63) is 58.4 Å². The van der Waals surface area contributed by atoms with Crippen LogP contribution in [0.1, 0.15) is 35.2 Å². The van der Waals surface area contributed by atoms with Gasteiger partial charge in [0.15, 0.2) is 11.6 Å². The van der Waals surface area contributed by atoms with Crippen molar-refractivity contribution < 1.29 is 27.1 Å². The summed E-state index contributed by atoms with van der Waals surface area (Å²) in [6.07, 6.45) is 2.61. The molecule has 0 aromatic heterocycles. The Labute approximate surface area is 174 Å². The van der Waals surface area contributed by atoms with Crippen LogP contribution in [0.25, 0.3) is 0 Å². The third kappa shape index (κ3) is 4.88. The zero-order valence-corrected chi connectivity index (χ0v) is 17.4. The second-order valence-corrected chi connectivity index (χ2v) is 9.00. The first-order valence-electron chi connectivity index (χ1n) is 9.12. The van der Waals surface area contributed by atoms with Crippen LogP contribution in [0, 0.1) is 5.82 Å². The fourth-order valence-corrected chi connectivity index (χ4v) is 4.84. The summed E-state index contributed by atoms with van der Waals surface area (Å²) in [5, 5.41) is 0.0773. The van der Waals surface area contributed by atoms with Gasteiger partial charge in [-0.05, 0) is 48.7 Å². The molecule has 0 bridgehead atoms. The average molecular weight is 442 g/mol. The van der Waals surface area contributed by atoms with E-state index < -0.39 is 21.8 Å². The summed E-state index contributed by atoms with van der Waals surface area (Å²) >= 11 is 6.09. The molecule has 0 saturated carbocycles. The van der Waals surface area contributed by atoms with E-state index in [1.165, 1.54) is 41.7 Å². The fraction of sp³-hybridized carbons (Fsp3) is 0.350. The lowest BCUT2D eigenvalue weighted by atomic mass is 10.2. The van der Waals surface area contributed by atoms with E-state index in [-0.39, 0.29) is 27.8 Å². The van der Waals surface area contributed by atoms with Gasteiger partial charge in [0, 0.05) is 13.1 Å². The maximum Gasteiger partial charge on any atom is 0.340 e. The maximum atomic E-state index is 13.8. The number of benzene rings is 2. The van der Waals surface area contributed by atoms with Crippen molar-refractivity contribution in [2.45, 2.75) is 30.8 Å². The number of carbonyl (C=O) groups excluding carboxylic acids is 1. The molecule has 0 atom stereocenters. The monoisotopic (exact) mass is 441 g/mol. The third-order valence-electron chi connectivity index (χ3n) is 4.70. The number of esters is 1. The number of halogens is 2. The normalized spacial score (nSPS) is 15.1. The third-order valence-corrected chi connectivity index (χ3v) is 6.92. The molecule has 1 aliphatic rings. The summed E-state index contributed by atoms with van der Waals surface area (Å²) in [5.74, 6) is -1.28. The molecule has 6 nitrogen and oxygen atoms in total. The molecule has 0 unspecified atom stereocenters.